The Hall–Kier alpha value is -1.60. The van der Waals surface area contributed by atoms with Crippen molar-refractivity contribution in [2.45, 2.75) is 26.5 Å². The number of carbonyl (C=O) groups is 2. The van der Waals surface area contributed by atoms with Gasteiger partial charge in [0.25, 0.3) is 5.91 Å². The first-order valence-corrected chi connectivity index (χ1v) is 7.45. The molecule has 0 fully saturated rings. The monoisotopic (exact) mass is 357 g/mol. The quantitative estimate of drug-likeness (QED) is 0.724. The molecule has 1 unspecified atom stereocenters. The van der Waals surface area contributed by atoms with Gasteiger partial charge < -0.3 is 15.4 Å². The minimum absolute atomic E-state index is 0.494. The van der Waals surface area contributed by atoms with Crippen LogP contribution in [-0.4, -0.2) is 31.6 Å². The summed E-state index contributed by atoms with van der Waals surface area (Å²) in [6.07, 6.45) is -0.774. The summed E-state index contributed by atoms with van der Waals surface area (Å²) < 4.78 is 6.59. The van der Waals surface area contributed by atoms with Crippen LogP contribution in [0.3, 0.4) is 0 Å². The number of imide groups is 1. The predicted molar refractivity (Wildman–Crippen MR) is 84.2 cm³/mol. The van der Waals surface area contributed by atoms with Gasteiger partial charge in [-0.25, -0.2) is 4.79 Å². The number of hydrogen-bond acceptors (Lipinski definition) is 4. The van der Waals surface area contributed by atoms with Crippen LogP contribution in [-0.2, 0) is 11.3 Å². The smallest absolute Gasteiger partial charge is 0.321 e. The molecular formula is C14H20BrN3O3. The lowest BCUT2D eigenvalue weighted by Crippen LogP contribution is -2.44. The molecule has 3 amide bonds. The molecule has 1 atom stereocenters. The van der Waals surface area contributed by atoms with Gasteiger partial charge >= 0.3 is 6.03 Å². The molecule has 1 aromatic rings. The average Bonchev–Trinajstić information content (AvgIpc) is 2.46. The number of nitrogens with one attached hydrogen (secondary N) is 3. The van der Waals surface area contributed by atoms with E-state index in [-0.39, 0.29) is 0 Å². The maximum absolute atomic E-state index is 11.8. The van der Waals surface area contributed by atoms with Crippen molar-refractivity contribution >= 4 is 27.9 Å². The fourth-order valence-corrected chi connectivity index (χ4v) is 1.99. The number of rotatable bonds is 6. The van der Waals surface area contributed by atoms with Gasteiger partial charge in [0.05, 0.1) is 0 Å². The van der Waals surface area contributed by atoms with Crippen LogP contribution in [0.15, 0.2) is 22.7 Å². The second-order valence-electron chi connectivity index (χ2n) is 4.36. The molecule has 0 aliphatic carbocycles. The summed E-state index contributed by atoms with van der Waals surface area (Å²) in [7, 11) is 1.44. The molecule has 116 valence electrons. The van der Waals surface area contributed by atoms with Crippen LogP contribution in [0.1, 0.15) is 19.4 Å². The van der Waals surface area contributed by atoms with Crippen molar-refractivity contribution in [1.29, 1.82) is 0 Å². The zero-order chi connectivity index (χ0) is 15.8. The summed E-state index contributed by atoms with van der Waals surface area (Å²) in [5.74, 6) is 0.116. The van der Waals surface area contributed by atoms with Crippen LogP contribution < -0.4 is 20.7 Å². The second kappa shape index (κ2) is 8.63. The maximum atomic E-state index is 11.8. The highest BCUT2D eigenvalue weighted by atomic mass is 79.9. The number of carbonyl (C=O) groups excluding carboxylic acids is 2. The minimum Gasteiger partial charge on any atom is -0.481 e. The first kappa shape index (κ1) is 17.5. The zero-order valence-corrected chi connectivity index (χ0v) is 13.9. The van der Waals surface area contributed by atoms with Crippen molar-refractivity contribution in [3.63, 3.8) is 0 Å². The van der Waals surface area contributed by atoms with Gasteiger partial charge in [0, 0.05) is 23.6 Å². The molecule has 0 bridgehead atoms. The van der Waals surface area contributed by atoms with Crippen molar-refractivity contribution in [3.8, 4) is 5.75 Å². The van der Waals surface area contributed by atoms with E-state index in [1.807, 2.05) is 19.1 Å². The van der Waals surface area contributed by atoms with Crippen LogP contribution >= 0.6 is 15.9 Å². The summed E-state index contributed by atoms with van der Waals surface area (Å²) in [4.78, 5) is 22.9. The molecule has 1 aromatic carbocycles. The predicted octanol–water partition coefficient (Wildman–Crippen LogP) is 1.78. The minimum atomic E-state index is -0.774. The van der Waals surface area contributed by atoms with Gasteiger partial charge in [0.2, 0.25) is 0 Å². The molecule has 7 heteroatoms. The van der Waals surface area contributed by atoms with Crippen molar-refractivity contribution in [2.24, 2.45) is 0 Å². The molecule has 0 aromatic heterocycles. The fourth-order valence-electron chi connectivity index (χ4n) is 1.58. The van der Waals surface area contributed by atoms with E-state index in [1.54, 1.807) is 13.0 Å². The third-order valence-electron chi connectivity index (χ3n) is 2.72. The molecule has 0 saturated heterocycles. The van der Waals surface area contributed by atoms with E-state index in [4.69, 9.17) is 4.74 Å². The third-order valence-corrected chi connectivity index (χ3v) is 3.22. The summed E-state index contributed by atoms with van der Waals surface area (Å²) in [5.41, 5.74) is 0.936. The molecular weight excluding hydrogens is 338 g/mol. The normalized spacial score (nSPS) is 11.6. The topological polar surface area (TPSA) is 79.5 Å². The molecule has 0 aliphatic rings. The molecule has 0 aliphatic heterocycles. The SMILES string of the molecule is CCNCc1cc(Br)ccc1OC(C)C(=O)NC(=O)NC. The van der Waals surface area contributed by atoms with Crippen molar-refractivity contribution < 1.29 is 14.3 Å². The Kier molecular flexibility index (Phi) is 7.18. The van der Waals surface area contributed by atoms with Crippen LogP contribution in [0.25, 0.3) is 0 Å². The van der Waals surface area contributed by atoms with E-state index in [1.165, 1.54) is 7.05 Å². The Bertz CT molecular complexity index is 508. The number of amides is 3. The molecule has 1 rings (SSSR count). The number of benzene rings is 1. The lowest BCUT2D eigenvalue weighted by Gasteiger charge is -2.17. The van der Waals surface area contributed by atoms with E-state index in [0.717, 1.165) is 16.6 Å². The number of urea groups is 1. The molecule has 21 heavy (non-hydrogen) atoms. The Balaban J connectivity index is 2.76. The summed E-state index contributed by atoms with van der Waals surface area (Å²) >= 11 is 3.41. The third kappa shape index (κ3) is 5.73. The van der Waals surface area contributed by atoms with Gasteiger partial charge in [-0.05, 0) is 31.7 Å². The summed E-state index contributed by atoms with van der Waals surface area (Å²) in [6, 6.07) is 5.01. The number of hydrogen-bond donors (Lipinski definition) is 3. The standard InChI is InChI=1S/C14H20BrN3O3/c1-4-17-8-10-7-11(15)5-6-12(10)21-9(2)13(19)18-14(20)16-3/h5-7,9,17H,4,8H2,1-3H3,(H2,16,18,19,20). The van der Waals surface area contributed by atoms with Gasteiger partial charge in [-0.3, -0.25) is 10.1 Å². The van der Waals surface area contributed by atoms with Crippen LogP contribution in [0.2, 0.25) is 0 Å². The largest absolute Gasteiger partial charge is 0.481 e. The summed E-state index contributed by atoms with van der Waals surface area (Å²) in [6.45, 7) is 5.07. The Labute approximate surface area is 132 Å². The van der Waals surface area contributed by atoms with E-state index < -0.39 is 18.0 Å². The van der Waals surface area contributed by atoms with Crippen molar-refractivity contribution in [3.05, 3.63) is 28.2 Å². The highest BCUT2D eigenvalue weighted by molar-refractivity contribution is 9.10. The Morgan fingerprint density at radius 3 is 2.71 bits per heavy atom. The number of ether oxygens (including phenoxy) is 1. The summed E-state index contributed by atoms with van der Waals surface area (Å²) in [5, 5.41) is 7.71. The van der Waals surface area contributed by atoms with Gasteiger partial charge in [0.1, 0.15) is 5.75 Å². The van der Waals surface area contributed by atoms with E-state index in [2.05, 4.69) is 31.9 Å². The molecule has 6 nitrogen and oxygen atoms in total. The average molecular weight is 358 g/mol. The van der Waals surface area contributed by atoms with Crippen LogP contribution in [0, 0.1) is 0 Å². The molecule has 3 N–H and O–H groups in total. The Morgan fingerprint density at radius 2 is 2.10 bits per heavy atom. The van der Waals surface area contributed by atoms with Crippen LogP contribution in [0.4, 0.5) is 4.79 Å². The van der Waals surface area contributed by atoms with E-state index in [9.17, 15) is 9.59 Å². The second-order valence-corrected chi connectivity index (χ2v) is 5.28. The van der Waals surface area contributed by atoms with Gasteiger partial charge in [-0.2, -0.15) is 0 Å². The highest BCUT2D eigenvalue weighted by Gasteiger charge is 2.18. The number of halogens is 1. The molecule has 0 radical (unpaired) electrons. The lowest BCUT2D eigenvalue weighted by atomic mass is 10.2. The zero-order valence-electron chi connectivity index (χ0n) is 12.3. The molecule has 0 saturated carbocycles. The molecule has 0 heterocycles. The van der Waals surface area contributed by atoms with Gasteiger partial charge in [-0.15, -0.1) is 0 Å². The first-order valence-electron chi connectivity index (χ1n) is 6.66. The van der Waals surface area contributed by atoms with E-state index >= 15 is 0 Å². The van der Waals surface area contributed by atoms with Crippen molar-refractivity contribution in [2.75, 3.05) is 13.6 Å². The van der Waals surface area contributed by atoms with Gasteiger partial charge in [-0.1, -0.05) is 22.9 Å². The van der Waals surface area contributed by atoms with E-state index in [0.29, 0.717) is 12.3 Å². The molecule has 0 spiro atoms. The lowest BCUT2D eigenvalue weighted by molar-refractivity contribution is -0.126. The first-order chi connectivity index (χ1) is 9.97. The van der Waals surface area contributed by atoms with Crippen molar-refractivity contribution in [1.82, 2.24) is 16.0 Å². The van der Waals surface area contributed by atoms with Crippen LogP contribution in [0.5, 0.6) is 5.75 Å². The maximum Gasteiger partial charge on any atom is 0.321 e. The fraction of sp³-hybridized carbons (Fsp3) is 0.429. The Morgan fingerprint density at radius 1 is 1.38 bits per heavy atom. The highest BCUT2D eigenvalue weighted by Crippen LogP contribution is 2.24. The van der Waals surface area contributed by atoms with Gasteiger partial charge in [0.15, 0.2) is 6.10 Å².